The summed E-state index contributed by atoms with van der Waals surface area (Å²) in [6.45, 7) is -0.705. The number of methoxy groups -OCH3 is 1. The van der Waals surface area contributed by atoms with E-state index < -0.39 is 61.2 Å². The summed E-state index contributed by atoms with van der Waals surface area (Å²) in [6, 6.07) is 17.6. The molecule has 0 amide bonds. The molecule has 1 fully saturated rings. The Morgan fingerprint density at radius 2 is 0.825 bits per heavy atom. The first-order valence-electron chi connectivity index (χ1n) is 17.4. The van der Waals surface area contributed by atoms with Crippen molar-refractivity contribution < 1.29 is 85.5 Å². The second kappa shape index (κ2) is 15.0. The quantitative estimate of drug-likeness (QED) is 0.166. The minimum Gasteiger partial charge on any atom is -0.459 e. The number of fused-ring (bicyclic) bond motifs is 4. The number of carbonyl (C=O) groups excluding carboxylic acids is 4. The summed E-state index contributed by atoms with van der Waals surface area (Å²) in [5.41, 5.74) is 0.211. The molecule has 0 spiro atoms. The zero-order chi connectivity index (χ0) is 39.0. The molecule has 0 bridgehead atoms. The molecule has 5 aliphatic heterocycles. The zero-order valence-electron chi connectivity index (χ0n) is 29.7. The molecule has 18 nitrogen and oxygen atoms in total. The lowest BCUT2D eigenvalue weighted by atomic mass is 9.97. The van der Waals surface area contributed by atoms with E-state index in [1.165, 1.54) is 73.8 Å². The van der Waals surface area contributed by atoms with Crippen molar-refractivity contribution in [2.24, 2.45) is 0 Å². The summed E-state index contributed by atoms with van der Waals surface area (Å²) in [5.74, 6) is -0.625. The van der Waals surface area contributed by atoms with Gasteiger partial charge in [-0.05, 0) is 72.8 Å². The van der Waals surface area contributed by atoms with Crippen LogP contribution in [0.4, 0.5) is 0 Å². The van der Waals surface area contributed by atoms with Crippen LogP contribution in [0, 0.1) is 0 Å². The van der Waals surface area contributed by atoms with Gasteiger partial charge in [-0.1, -0.05) is 0 Å². The van der Waals surface area contributed by atoms with Crippen molar-refractivity contribution in [2.75, 3.05) is 40.9 Å². The molecule has 4 aromatic rings. The van der Waals surface area contributed by atoms with Gasteiger partial charge in [-0.15, -0.1) is 0 Å². The maximum atomic E-state index is 14.0. The predicted octanol–water partition coefficient (Wildman–Crippen LogP) is 3.81. The Morgan fingerprint density at radius 3 is 1.23 bits per heavy atom. The van der Waals surface area contributed by atoms with Gasteiger partial charge in [0.1, 0.15) is 12.7 Å². The van der Waals surface area contributed by atoms with Crippen LogP contribution in [0.2, 0.25) is 0 Å². The first-order valence-corrected chi connectivity index (χ1v) is 17.4. The second-order valence-electron chi connectivity index (χ2n) is 12.8. The number of carbonyl (C=O) groups is 4. The fraction of sp³-hybridized carbons (Fsp3) is 0.282. The van der Waals surface area contributed by atoms with Gasteiger partial charge in [0.05, 0.1) is 22.3 Å². The number of rotatable bonds is 10. The van der Waals surface area contributed by atoms with Crippen molar-refractivity contribution in [2.45, 2.75) is 30.7 Å². The largest absolute Gasteiger partial charge is 0.459 e. The summed E-state index contributed by atoms with van der Waals surface area (Å²) in [7, 11) is 1.26. The minimum atomic E-state index is -1.65. The molecule has 0 unspecified atom stereocenters. The van der Waals surface area contributed by atoms with E-state index >= 15 is 0 Å². The smallest absolute Gasteiger partial charge is 0.338 e. The topological polar surface area (TPSA) is 197 Å². The van der Waals surface area contributed by atoms with Gasteiger partial charge in [-0.3, -0.25) is 0 Å². The predicted molar refractivity (Wildman–Crippen MR) is 184 cm³/mol. The zero-order valence-corrected chi connectivity index (χ0v) is 29.7. The van der Waals surface area contributed by atoms with E-state index in [4.69, 9.17) is 66.3 Å². The molecular weight excluding hydrogens is 756 g/mol. The number of hydrogen-bond donors (Lipinski definition) is 0. The third-order valence-electron chi connectivity index (χ3n) is 9.36. The Kier molecular flexibility index (Phi) is 9.39. The van der Waals surface area contributed by atoms with Crippen molar-refractivity contribution in [3.05, 3.63) is 95.1 Å². The molecule has 0 saturated carbocycles. The third kappa shape index (κ3) is 7.07. The van der Waals surface area contributed by atoms with Gasteiger partial charge in [0.2, 0.25) is 27.2 Å². The fourth-order valence-corrected chi connectivity index (χ4v) is 6.51. The summed E-state index contributed by atoms with van der Waals surface area (Å²) >= 11 is 0. The Hall–Kier alpha value is -6.92. The van der Waals surface area contributed by atoms with E-state index in [0.29, 0.717) is 40.2 Å². The van der Waals surface area contributed by atoms with Crippen molar-refractivity contribution in [3.8, 4) is 46.0 Å². The first-order chi connectivity index (χ1) is 27.8. The van der Waals surface area contributed by atoms with E-state index in [9.17, 15) is 19.2 Å². The van der Waals surface area contributed by atoms with Crippen LogP contribution in [0.15, 0.2) is 72.8 Å². The highest BCUT2D eigenvalue weighted by Gasteiger charge is 2.53. The van der Waals surface area contributed by atoms with Gasteiger partial charge in [0.15, 0.2) is 70.6 Å². The van der Waals surface area contributed by atoms with Gasteiger partial charge in [-0.2, -0.15) is 0 Å². The van der Waals surface area contributed by atoms with Crippen molar-refractivity contribution in [1.29, 1.82) is 0 Å². The van der Waals surface area contributed by atoms with Crippen LogP contribution in [0.3, 0.4) is 0 Å². The molecule has 294 valence electrons. The van der Waals surface area contributed by atoms with E-state index in [1.807, 2.05) is 0 Å². The fourth-order valence-electron chi connectivity index (χ4n) is 6.51. The second-order valence-corrected chi connectivity index (χ2v) is 12.8. The van der Waals surface area contributed by atoms with E-state index in [2.05, 4.69) is 0 Å². The number of hydrogen-bond acceptors (Lipinski definition) is 18. The van der Waals surface area contributed by atoms with E-state index in [-0.39, 0.29) is 55.2 Å². The number of ether oxygens (including phenoxy) is 14. The number of esters is 4. The molecule has 0 aromatic heterocycles. The summed E-state index contributed by atoms with van der Waals surface area (Å²) in [5, 5.41) is 0. The third-order valence-corrected chi connectivity index (χ3v) is 9.36. The molecule has 5 atom stereocenters. The molecule has 9 rings (SSSR count). The Bertz CT molecular complexity index is 2250. The molecule has 5 heterocycles. The van der Waals surface area contributed by atoms with Gasteiger partial charge < -0.3 is 66.3 Å². The van der Waals surface area contributed by atoms with Crippen LogP contribution >= 0.6 is 0 Å². The molecule has 18 heteroatoms. The van der Waals surface area contributed by atoms with Crippen LogP contribution in [0.25, 0.3) is 0 Å². The minimum absolute atomic E-state index is 0.00859. The summed E-state index contributed by atoms with van der Waals surface area (Å²) < 4.78 is 78.7. The van der Waals surface area contributed by atoms with E-state index in [1.54, 1.807) is 6.07 Å². The summed E-state index contributed by atoms with van der Waals surface area (Å²) in [6.07, 6.45) is -7.67. The van der Waals surface area contributed by atoms with Crippen LogP contribution < -0.4 is 37.9 Å². The normalized spacial score (nSPS) is 21.7. The molecule has 1 saturated heterocycles. The van der Waals surface area contributed by atoms with Crippen LogP contribution in [-0.2, 0) is 28.4 Å². The van der Waals surface area contributed by atoms with Gasteiger partial charge >= 0.3 is 23.9 Å². The highest BCUT2D eigenvalue weighted by Crippen LogP contribution is 2.38. The van der Waals surface area contributed by atoms with Crippen LogP contribution in [0.1, 0.15) is 41.4 Å². The SMILES string of the molecule is CO[C@H]1O[C@H](COC(=O)c2ccc3c(c2)OCO3)[C@@H](OC(=O)c2ccc3c(c2)OCO3)[C@H](OC(=O)c2ccc3c(c2)OCO3)[C@H]1OC(=O)c1ccc2c(c1)OCO2. The van der Waals surface area contributed by atoms with Gasteiger partial charge in [-0.25, -0.2) is 19.2 Å². The highest BCUT2D eigenvalue weighted by molar-refractivity contribution is 5.93. The molecule has 0 aliphatic carbocycles. The Balaban J connectivity index is 1.06. The average Bonchev–Trinajstić information content (AvgIpc) is 4.07. The molecule has 57 heavy (non-hydrogen) atoms. The highest BCUT2D eigenvalue weighted by atomic mass is 16.7. The molecular formula is C39H30O18. The van der Waals surface area contributed by atoms with Gasteiger partial charge in [0.25, 0.3) is 0 Å². The lowest BCUT2D eigenvalue weighted by Crippen LogP contribution is -2.63. The maximum absolute atomic E-state index is 14.0. The first kappa shape index (κ1) is 35.8. The Morgan fingerprint density at radius 1 is 0.474 bits per heavy atom. The summed E-state index contributed by atoms with van der Waals surface area (Å²) in [4.78, 5) is 55.0. The van der Waals surface area contributed by atoms with Crippen LogP contribution in [0.5, 0.6) is 46.0 Å². The van der Waals surface area contributed by atoms with Crippen molar-refractivity contribution in [1.82, 2.24) is 0 Å². The Labute approximate surface area is 321 Å². The lowest BCUT2D eigenvalue weighted by molar-refractivity contribution is -0.291. The van der Waals surface area contributed by atoms with Crippen LogP contribution in [-0.4, -0.2) is 95.5 Å². The number of benzene rings is 4. The average molecular weight is 787 g/mol. The van der Waals surface area contributed by atoms with Crippen molar-refractivity contribution in [3.63, 3.8) is 0 Å². The van der Waals surface area contributed by atoms with Crippen molar-refractivity contribution >= 4 is 23.9 Å². The molecule has 4 aromatic carbocycles. The standard InChI is InChI=1S/C39H30O18/c1-44-39-34(57-38(43)22-5-9-26-30(13-22)53-18-49-26)33(56-37(42)21-4-8-25-29(12-21)52-17-48-25)32(55-36(41)20-3-7-24-28(11-20)51-16-47-24)31(54-39)14-45-35(40)19-2-6-23-27(10-19)50-15-46-23/h2-13,31-34,39H,14-18H2,1H3/t31-,32-,33+,34-,39+/m1/s1. The maximum Gasteiger partial charge on any atom is 0.338 e. The molecule has 0 N–H and O–H groups in total. The van der Waals surface area contributed by atoms with Gasteiger partial charge in [0, 0.05) is 7.11 Å². The molecule has 5 aliphatic rings. The lowest BCUT2D eigenvalue weighted by Gasteiger charge is -2.44. The molecule has 0 radical (unpaired) electrons. The van der Waals surface area contributed by atoms with E-state index in [0.717, 1.165) is 0 Å². The monoisotopic (exact) mass is 786 g/mol.